The number of hydrogen-bond acceptors (Lipinski definition) is 3. The largest absolute Gasteiger partial charge is 0.454 e. The van der Waals surface area contributed by atoms with Crippen molar-refractivity contribution in [3.05, 3.63) is 52.0 Å². The molecule has 1 aliphatic rings. The van der Waals surface area contributed by atoms with Gasteiger partial charge in [0.25, 0.3) is 0 Å². The molecule has 0 spiro atoms. The first kappa shape index (κ1) is 12.5. The van der Waals surface area contributed by atoms with Crippen LogP contribution in [0.4, 0.5) is 5.69 Å². The highest BCUT2D eigenvalue weighted by atomic mass is 35.5. The van der Waals surface area contributed by atoms with E-state index >= 15 is 0 Å². The second kappa shape index (κ2) is 5.19. The van der Waals surface area contributed by atoms with Crippen molar-refractivity contribution in [2.75, 3.05) is 12.1 Å². The Hall–Kier alpha value is -1.58. The van der Waals surface area contributed by atoms with E-state index in [9.17, 15) is 0 Å². The Balaban J connectivity index is 1.78. The summed E-state index contributed by atoms with van der Waals surface area (Å²) in [5.41, 5.74) is 1.90. The van der Waals surface area contributed by atoms with Gasteiger partial charge in [-0.05, 0) is 29.8 Å². The molecule has 0 fully saturated rings. The van der Waals surface area contributed by atoms with Gasteiger partial charge in [-0.15, -0.1) is 0 Å². The monoisotopic (exact) mass is 295 g/mol. The highest BCUT2D eigenvalue weighted by molar-refractivity contribution is 6.33. The van der Waals surface area contributed by atoms with Gasteiger partial charge in [0, 0.05) is 6.54 Å². The maximum Gasteiger partial charge on any atom is 0.231 e. The highest BCUT2D eigenvalue weighted by Gasteiger charge is 2.18. The summed E-state index contributed by atoms with van der Waals surface area (Å²) in [6, 6.07) is 11.4. The molecule has 2 aromatic carbocycles. The molecule has 3 nitrogen and oxygen atoms in total. The van der Waals surface area contributed by atoms with E-state index in [0.717, 1.165) is 11.3 Å². The Kier molecular flexibility index (Phi) is 3.40. The number of ether oxygens (including phenoxy) is 2. The second-order valence-electron chi connectivity index (χ2n) is 4.14. The van der Waals surface area contributed by atoms with Gasteiger partial charge < -0.3 is 14.8 Å². The maximum atomic E-state index is 6.13. The van der Waals surface area contributed by atoms with E-state index in [1.807, 2.05) is 36.4 Å². The molecule has 98 valence electrons. The molecule has 0 saturated heterocycles. The van der Waals surface area contributed by atoms with E-state index in [2.05, 4.69) is 5.32 Å². The van der Waals surface area contributed by atoms with Crippen molar-refractivity contribution >= 4 is 28.9 Å². The van der Waals surface area contributed by atoms with Crippen molar-refractivity contribution in [2.24, 2.45) is 0 Å². The van der Waals surface area contributed by atoms with Gasteiger partial charge in [0.1, 0.15) is 0 Å². The zero-order chi connectivity index (χ0) is 13.2. The third kappa shape index (κ3) is 2.57. The second-order valence-corrected chi connectivity index (χ2v) is 4.96. The molecule has 0 saturated carbocycles. The van der Waals surface area contributed by atoms with E-state index in [1.54, 1.807) is 0 Å². The minimum atomic E-state index is 0.219. The van der Waals surface area contributed by atoms with Gasteiger partial charge in [0.05, 0.1) is 15.7 Å². The number of rotatable bonds is 3. The predicted octanol–water partition coefficient (Wildman–Crippen LogP) is 4.33. The number of para-hydroxylation sites is 1. The predicted molar refractivity (Wildman–Crippen MR) is 76.4 cm³/mol. The summed E-state index contributed by atoms with van der Waals surface area (Å²) in [6.07, 6.45) is 0. The summed E-state index contributed by atoms with van der Waals surface area (Å²) in [4.78, 5) is 0. The van der Waals surface area contributed by atoms with Crippen LogP contribution in [0.1, 0.15) is 5.56 Å². The number of anilines is 1. The molecule has 5 heteroatoms. The lowest BCUT2D eigenvalue weighted by atomic mass is 10.2. The molecule has 0 aliphatic carbocycles. The van der Waals surface area contributed by atoms with E-state index in [1.165, 1.54) is 0 Å². The minimum Gasteiger partial charge on any atom is -0.454 e. The van der Waals surface area contributed by atoms with Crippen LogP contribution in [-0.4, -0.2) is 6.79 Å². The Bertz CT molecular complexity index is 616. The molecule has 0 radical (unpaired) electrons. The summed E-state index contributed by atoms with van der Waals surface area (Å²) >= 11 is 12.2. The lowest BCUT2D eigenvalue weighted by Crippen LogP contribution is -2.00. The number of halogens is 2. The number of benzene rings is 2. The molecule has 2 aromatic rings. The minimum absolute atomic E-state index is 0.219. The van der Waals surface area contributed by atoms with Crippen molar-refractivity contribution in [2.45, 2.75) is 6.54 Å². The fourth-order valence-electron chi connectivity index (χ4n) is 1.92. The average Bonchev–Trinajstić information content (AvgIpc) is 2.87. The van der Waals surface area contributed by atoms with Gasteiger partial charge in [-0.1, -0.05) is 35.3 Å². The SMILES string of the molecule is Clc1ccccc1NCc1cc(Cl)c2c(c1)OCO2. The van der Waals surface area contributed by atoms with Crippen molar-refractivity contribution in [3.63, 3.8) is 0 Å². The number of fused-ring (bicyclic) bond motifs is 1. The van der Waals surface area contributed by atoms with E-state index in [0.29, 0.717) is 28.1 Å². The summed E-state index contributed by atoms with van der Waals surface area (Å²) in [6.45, 7) is 0.830. The Morgan fingerprint density at radius 3 is 2.74 bits per heavy atom. The molecule has 0 aromatic heterocycles. The van der Waals surface area contributed by atoms with E-state index < -0.39 is 0 Å². The normalized spacial score (nSPS) is 12.5. The van der Waals surface area contributed by atoms with Gasteiger partial charge in [-0.3, -0.25) is 0 Å². The first-order valence-corrected chi connectivity index (χ1v) is 6.56. The first-order chi connectivity index (χ1) is 9.24. The van der Waals surface area contributed by atoms with Crippen LogP contribution in [0, 0.1) is 0 Å². The molecule has 1 aliphatic heterocycles. The molecule has 0 amide bonds. The lowest BCUT2D eigenvalue weighted by Gasteiger charge is -2.09. The van der Waals surface area contributed by atoms with Crippen LogP contribution < -0.4 is 14.8 Å². The molecule has 1 N–H and O–H groups in total. The van der Waals surface area contributed by atoms with Crippen LogP contribution in [0.5, 0.6) is 11.5 Å². The topological polar surface area (TPSA) is 30.5 Å². The molecule has 3 rings (SSSR count). The van der Waals surface area contributed by atoms with E-state index in [-0.39, 0.29) is 6.79 Å². The Labute approximate surface area is 121 Å². The van der Waals surface area contributed by atoms with Crippen molar-refractivity contribution < 1.29 is 9.47 Å². The molecule has 1 heterocycles. The third-order valence-corrected chi connectivity index (χ3v) is 3.45. The average molecular weight is 296 g/mol. The molecule has 0 unspecified atom stereocenters. The molecule has 0 bridgehead atoms. The fraction of sp³-hybridized carbons (Fsp3) is 0.143. The molecular weight excluding hydrogens is 285 g/mol. The lowest BCUT2D eigenvalue weighted by molar-refractivity contribution is 0.174. The highest BCUT2D eigenvalue weighted by Crippen LogP contribution is 2.39. The van der Waals surface area contributed by atoms with Crippen LogP contribution in [0.25, 0.3) is 0 Å². The Morgan fingerprint density at radius 2 is 1.89 bits per heavy atom. The number of hydrogen-bond donors (Lipinski definition) is 1. The van der Waals surface area contributed by atoms with Crippen molar-refractivity contribution in [1.82, 2.24) is 0 Å². The summed E-state index contributed by atoms with van der Waals surface area (Å²) in [5, 5.41) is 4.51. The third-order valence-electron chi connectivity index (χ3n) is 2.84. The van der Waals surface area contributed by atoms with Gasteiger partial charge in [0.15, 0.2) is 11.5 Å². The summed E-state index contributed by atoms with van der Waals surface area (Å²) in [7, 11) is 0. The van der Waals surface area contributed by atoms with Crippen LogP contribution in [0.3, 0.4) is 0 Å². The van der Waals surface area contributed by atoms with Gasteiger partial charge in [-0.25, -0.2) is 0 Å². The van der Waals surface area contributed by atoms with Gasteiger partial charge in [-0.2, -0.15) is 0 Å². The molecular formula is C14H11Cl2NO2. The number of nitrogens with one attached hydrogen (secondary N) is 1. The van der Waals surface area contributed by atoms with Crippen LogP contribution in [0.2, 0.25) is 10.0 Å². The van der Waals surface area contributed by atoms with Crippen LogP contribution in [0.15, 0.2) is 36.4 Å². The Morgan fingerprint density at radius 1 is 1.05 bits per heavy atom. The smallest absolute Gasteiger partial charge is 0.231 e. The fourth-order valence-corrected chi connectivity index (χ4v) is 2.42. The van der Waals surface area contributed by atoms with E-state index in [4.69, 9.17) is 32.7 Å². The zero-order valence-electron chi connectivity index (χ0n) is 9.95. The standard InChI is InChI=1S/C14H11Cl2NO2/c15-10-3-1-2-4-12(10)17-7-9-5-11(16)14-13(6-9)18-8-19-14/h1-6,17H,7-8H2. The summed E-state index contributed by atoms with van der Waals surface area (Å²) in [5.74, 6) is 1.30. The maximum absolute atomic E-state index is 6.13. The summed E-state index contributed by atoms with van der Waals surface area (Å²) < 4.78 is 10.6. The van der Waals surface area contributed by atoms with Gasteiger partial charge >= 0.3 is 0 Å². The van der Waals surface area contributed by atoms with Crippen molar-refractivity contribution in [3.8, 4) is 11.5 Å². The van der Waals surface area contributed by atoms with Crippen LogP contribution >= 0.6 is 23.2 Å². The quantitative estimate of drug-likeness (QED) is 0.914. The van der Waals surface area contributed by atoms with Crippen LogP contribution in [-0.2, 0) is 6.54 Å². The van der Waals surface area contributed by atoms with Gasteiger partial charge in [0.2, 0.25) is 6.79 Å². The first-order valence-electron chi connectivity index (χ1n) is 5.80. The molecule has 19 heavy (non-hydrogen) atoms. The zero-order valence-corrected chi connectivity index (χ0v) is 11.5. The van der Waals surface area contributed by atoms with Crippen molar-refractivity contribution in [1.29, 1.82) is 0 Å². The molecule has 0 atom stereocenters.